The van der Waals surface area contributed by atoms with Crippen LogP contribution in [0.2, 0.25) is 0 Å². The van der Waals surface area contributed by atoms with Crippen LogP contribution in [0, 0.1) is 11.8 Å². The molecule has 3 aliphatic rings. The second kappa shape index (κ2) is 7.77. The third-order valence-electron chi connectivity index (χ3n) is 6.47. The van der Waals surface area contributed by atoms with Gasteiger partial charge in [-0.1, -0.05) is 18.9 Å². The third-order valence-corrected chi connectivity index (χ3v) is 6.47. The molecule has 0 aromatic carbocycles. The quantitative estimate of drug-likeness (QED) is 0.837. The molecular formula is C21H29N3O2. The highest BCUT2D eigenvalue weighted by Crippen LogP contribution is 2.35. The molecule has 1 saturated carbocycles. The zero-order valence-electron chi connectivity index (χ0n) is 15.5. The molecule has 2 aliphatic heterocycles. The maximum Gasteiger partial charge on any atom is 0.226 e. The van der Waals surface area contributed by atoms with Crippen LogP contribution in [0.3, 0.4) is 0 Å². The molecule has 2 saturated heterocycles. The lowest BCUT2D eigenvalue weighted by atomic mass is 9.93. The summed E-state index contributed by atoms with van der Waals surface area (Å²) in [5.41, 5.74) is 1.15. The lowest BCUT2D eigenvalue weighted by Gasteiger charge is -2.36. The summed E-state index contributed by atoms with van der Waals surface area (Å²) in [5.74, 6) is 0.933. The maximum atomic E-state index is 13.1. The lowest BCUT2D eigenvalue weighted by Crippen LogP contribution is -2.45. The van der Waals surface area contributed by atoms with Crippen molar-refractivity contribution in [1.82, 2.24) is 14.8 Å². The Kier molecular flexibility index (Phi) is 5.23. The number of carbonyl (C=O) groups is 2. The first-order chi connectivity index (χ1) is 12.7. The van der Waals surface area contributed by atoms with Crippen LogP contribution in [0.4, 0.5) is 0 Å². The molecule has 1 aromatic heterocycles. The summed E-state index contributed by atoms with van der Waals surface area (Å²) in [4.78, 5) is 34.0. The molecule has 1 aliphatic carbocycles. The van der Waals surface area contributed by atoms with Gasteiger partial charge in [0.15, 0.2) is 0 Å². The van der Waals surface area contributed by atoms with Crippen LogP contribution in [0.1, 0.15) is 63.0 Å². The summed E-state index contributed by atoms with van der Waals surface area (Å²) in [7, 11) is 0. The Morgan fingerprint density at radius 3 is 2.31 bits per heavy atom. The average Bonchev–Trinajstić information content (AvgIpc) is 3.39. The average molecular weight is 355 g/mol. The number of pyridine rings is 1. The predicted molar refractivity (Wildman–Crippen MR) is 99.2 cm³/mol. The smallest absolute Gasteiger partial charge is 0.226 e. The zero-order chi connectivity index (χ0) is 17.9. The summed E-state index contributed by atoms with van der Waals surface area (Å²) >= 11 is 0. The second-order valence-corrected chi connectivity index (χ2v) is 8.06. The molecule has 0 spiro atoms. The minimum Gasteiger partial charge on any atom is -0.342 e. The molecule has 5 heteroatoms. The van der Waals surface area contributed by atoms with E-state index in [1.54, 1.807) is 6.20 Å². The highest BCUT2D eigenvalue weighted by Gasteiger charge is 2.37. The van der Waals surface area contributed by atoms with Crippen LogP contribution >= 0.6 is 0 Å². The largest absolute Gasteiger partial charge is 0.342 e. The Balaban J connectivity index is 1.35. The van der Waals surface area contributed by atoms with Gasteiger partial charge in [-0.15, -0.1) is 0 Å². The number of piperidine rings is 1. The van der Waals surface area contributed by atoms with Gasteiger partial charge in [-0.25, -0.2) is 0 Å². The molecule has 5 nitrogen and oxygen atoms in total. The molecule has 2 amide bonds. The van der Waals surface area contributed by atoms with E-state index in [1.807, 2.05) is 17.2 Å². The molecule has 0 bridgehead atoms. The molecular weight excluding hydrogens is 326 g/mol. The van der Waals surface area contributed by atoms with Crippen molar-refractivity contribution in [2.45, 2.75) is 57.4 Å². The van der Waals surface area contributed by atoms with Crippen molar-refractivity contribution in [2.24, 2.45) is 11.8 Å². The van der Waals surface area contributed by atoms with Gasteiger partial charge < -0.3 is 9.80 Å². The topological polar surface area (TPSA) is 53.5 Å². The summed E-state index contributed by atoms with van der Waals surface area (Å²) in [6.45, 7) is 2.34. The van der Waals surface area contributed by atoms with E-state index in [0.29, 0.717) is 5.91 Å². The molecule has 0 radical (unpaired) electrons. The van der Waals surface area contributed by atoms with E-state index < -0.39 is 0 Å². The Morgan fingerprint density at radius 1 is 0.885 bits per heavy atom. The number of amides is 2. The van der Waals surface area contributed by atoms with Crippen molar-refractivity contribution in [3.63, 3.8) is 0 Å². The first kappa shape index (κ1) is 17.5. The van der Waals surface area contributed by atoms with E-state index in [2.05, 4.69) is 16.0 Å². The molecule has 1 atom stereocenters. The molecule has 4 rings (SSSR count). The van der Waals surface area contributed by atoms with Crippen LogP contribution < -0.4 is 0 Å². The first-order valence-corrected chi connectivity index (χ1v) is 10.2. The van der Waals surface area contributed by atoms with E-state index >= 15 is 0 Å². The van der Waals surface area contributed by atoms with Crippen molar-refractivity contribution in [2.75, 3.05) is 19.6 Å². The Hall–Kier alpha value is -1.91. The summed E-state index contributed by atoms with van der Waals surface area (Å²) in [6.07, 6.45) is 11.9. The highest BCUT2D eigenvalue weighted by atomic mass is 16.2. The van der Waals surface area contributed by atoms with Gasteiger partial charge >= 0.3 is 0 Å². The van der Waals surface area contributed by atoms with E-state index in [9.17, 15) is 9.59 Å². The number of nitrogens with zero attached hydrogens (tertiary/aromatic N) is 3. The predicted octanol–water partition coefficient (Wildman–Crippen LogP) is 3.17. The summed E-state index contributed by atoms with van der Waals surface area (Å²) < 4.78 is 0. The Bertz CT molecular complexity index is 634. The molecule has 0 N–H and O–H groups in total. The van der Waals surface area contributed by atoms with Crippen molar-refractivity contribution in [3.05, 3.63) is 30.1 Å². The maximum absolute atomic E-state index is 13.1. The highest BCUT2D eigenvalue weighted by molar-refractivity contribution is 5.81. The Labute approximate surface area is 155 Å². The first-order valence-electron chi connectivity index (χ1n) is 10.2. The number of likely N-dealkylation sites (tertiary alicyclic amines) is 2. The number of hydrogen-bond donors (Lipinski definition) is 0. The van der Waals surface area contributed by atoms with Crippen LogP contribution in [-0.2, 0) is 9.59 Å². The van der Waals surface area contributed by atoms with Gasteiger partial charge in [0.2, 0.25) is 11.8 Å². The molecule has 3 fully saturated rings. The van der Waals surface area contributed by atoms with Gasteiger partial charge in [-0.05, 0) is 50.2 Å². The van der Waals surface area contributed by atoms with Gasteiger partial charge in [0.05, 0.1) is 6.04 Å². The molecule has 0 unspecified atom stereocenters. The fraction of sp³-hybridized carbons (Fsp3) is 0.667. The van der Waals surface area contributed by atoms with Crippen LogP contribution in [0.5, 0.6) is 0 Å². The lowest BCUT2D eigenvalue weighted by molar-refractivity contribution is -0.143. The minimum absolute atomic E-state index is 0.0694. The molecule has 1 aromatic rings. The van der Waals surface area contributed by atoms with Crippen molar-refractivity contribution >= 4 is 11.8 Å². The Morgan fingerprint density at radius 2 is 1.62 bits per heavy atom. The normalized spacial score (nSPS) is 25.0. The molecule has 26 heavy (non-hydrogen) atoms. The van der Waals surface area contributed by atoms with E-state index in [-0.39, 0.29) is 23.8 Å². The molecule has 3 heterocycles. The van der Waals surface area contributed by atoms with Crippen molar-refractivity contribution in [1.29, 1.82) is 0 Å². The zero-order valence-corrected chi connectivity index (χ0v) is 15.5. The SMILES string of the molecule is O=C(C1CCCC1)N1CCC(C(=O)N2CCC[C@H]2c2cccnc2)CC1. The van der Waals surface area contributed by atoms with Gasteiger partial charge in [0.25, 0.3) is 0 Å². The third kappa shape index (κ3) is 3.49. The minimum atomic E-state index is 0.0694. The van der Waals surface area contributed by atoms with E-state index in [4.69, 9.17) is 0 Å². The van der Waals surface area contributed by atoms with E-state index in [1.165, 1.54) is 12.8 Å². The fourth-order valence-corrected chi connectivity index (χ4v) is 4.96. The monoisotopic (exact) mass is 355 g/mol. The van der Waals surface area contributed by atoms with E-state index in [0.717, 1.165) is 63.7 Å². The van der Waals surface area contributed by atoms with Crippen LogP contribution in [0.25, 0.3) is 0 Å². The summed E-state index contributed by atoms with van der Waals surface area (Å²) in [5, 5.41) is 0. The fourth-order valence-electron chi connectivity index (χ4n) is 4.96. The van der Waals surface area contributed by atoms with Gasteiger partial charge in [0.1, 0.15) is 0 Å². The van der Waals surface area contributed by atoms with Gasteiger partial charge in [-0.3, -0.25) is 14.6 Å². The van der Waals surface area contributed by atoms with Crippen LogP contribution in [-0.4, -0.2) is 46.2 Å². The van der Waals surface area contributed by atoms with Crippen molar-refractivity contribution < 1.29 is 9.59 Å². The second-order valence-electron chi connectivity index (χ2n) is 8.06. The standard InChI is InChI=1S/C21H29N3O2/c25-20(16-5-1-2-6-16)23-13-9-17(10-14-23)21(26)24-12-4-8-19(24)18-7-3-11-22-15-18/h3,7,11,15-17,19H,1-2,4-6,8-10,12-14H2/t19-/m0/s1. The summed E-state index contributed by atoms with van der Waals surface area (Å²) in [6, 6.07) is 4.20. The number of carbonyl (C=O) groups excluding carboxylic acids is 2. The van der Waals surface area contributed by atoms with Gasteiger partial charge in [0, 0.05) is 43.9 Å². The number of rotatable bonds is 3. The van der Waals surface area contributed by atoms with Crippen LogP contribution in [0.15, 0.2) is 24.5 Å². The number of hydrogen-bond acceptors (Lipinski definition) is 3. The van der Waals surface area contributed by atoms with Gasteiger partial charge in [-0.2, -0.15) is 0 Å². The van der Waals surface area contributed by atoms with Crippen molar-refractivity contribution in [3.8, 4) is 0 Å². The number of aromatic nitrogens is 1. The molecule has 140 valence electrons.